The number of nitrogens with zero attached hydrogens (tertiary/aromatic N) is 6. The molecule has 1 aliphatic carbocycles. The van der Waals surface area contributed by atoms with Crippen molar-refractivity contribution in [3.63, 3.8) is 0 Å². The van der Waals surface area contributed by atoms with E-state index in [1.165, 1.54) is 24.9 Å². The number of alkyl halides is 9. The Bertz CT molecular complexity index is 1540. The Morgan fingerprint density at radius 2 is 1.46 bits per heavy atom. The van der Waals surface area contributed by atoms with Gasteiger partial charge in [-0.3, -0.25) is 4.79 Å². The van der Waals surface area contributed by atoms with Crippen LogP contribution in [0.15, 0.2) is 30.3 Å². The Balaban J connectivity index is 0.00000625. The SMILES string of the molecule is CCN(CC1CCC(C(=O)O)CC1)c1cc(C(F)(F)F)c(C)cc1CN(Cc1cc(C(F)(F)F)cc(C(F)(F)F)c1)c1nnn(C)n1.Cl. The van der Waals surface area contributed by atoms with Crippen molar-refractivity contribution in [3.05, 3.63) is 63.7 Å². The van der Waals surface area contributed by atoms with Crippen molar-refractivity contribution in [1.82, 2.24) is 20.2 Å². The number of anilines is 2. The molecule has 0 aliphatic heterocycles. The third-order valence-electron chi connectivity index (χ3n) is 8.29. The molecule has 0 spiro atoms. The molecule has 48 heavy (non-hydrogen) atoms. The van der Waals surface area contributed by atoms with E-state index < -0.39 is 53.7 Å². The zero-order valence-electron chi connectivity index (χ0n) is 26.0. The normalized spacial score (nSPS) is 17.2. The molecule has 266 valence electrons. The number of aliphatic carboxylic acids is 1. The number of aryl methyl sites for hydroxylation is 2. The first-order valence-corrected chi connectivity index (χ1v) is 14.7. The molecule has 0 saturated heterocycles. The lowest BCUT2D eigenvalue weighted by molar-refractivity contribution is -0.144. The second-order valence-electron chi connectivity index (χ2n) is 11.7. The number of carboxylic acid groups (broad SMARTS) is 1. The second-order valence-corrected chi connectivity index (χ2v) is 11.7. The standard InChI is InChI=1S/C30H33F9N6O2.ClH/c1-4-44(14-18-5-7-20(8-6-18)26(46)47)25-13-24(30(37,38)39)17(2)9-21(25)16-45(27-40-42-43(3)41-27)15-19-10-22(28(31,32)33)12-23(11-19)29(34,35)36;/h9-13,18,20H,4-8,14-16H2,1-3H3,(H,46,47);1H. The number of benzene rings is 2. The van der Waals surface area contributed by atoms with Crippen LogP contribution >= 0.6 is 12.4 Å². The van der Waals surface area contributed by atoms with E-state index in [-0.39, 0.29) is 60.2 Å². The number of halogens is 10. The van der Waals surface area contributed by atoms with E-state index in [2.05, 4.69) is 15.4 Å². The van der Waals surface area contributed by atoms with Gasteiger partial charge in [-0.2, -0.15) is 44.3 Å². The molecule has 1 fully saturated rings. The van der Waals surface area contributed by atoms with Crippen LogP contribution < -0.4 is 9.80 Å². The van der Waals surface area contributed by atoms with E-state index in [0.29, 0.717) is 49.9 Å². The van der Waals surface area contributed by atoms with Gasteiger partial charge in [0.2, 0.25) is 0 Å². The first-order valence-electron chi connectivity index (χ1n) is 14.7. The van der Waals surface area contributed by atoms with Gasteiger partial charge in [-0.1, -0.05) is 11.2 Å². The Hall–Kier alpha value is -3.76. The Kier molecular flexibility index (Phi) is 11.9. The first-order chi connectivity index (χ1) is 21.8. The summed E-state index contributed by atoms with van der Waals surface area (Å²) in [5, 5.41) is 21.0. The summed E-state index contributed by atoms with van der Waals surface area (Å²) >= 11 is 0. The van der Waals surface area contributed by atoms with Crippen LogP contribution in [0.1, 0.15) is 66.0 Å². The van der Waals surface area contributed by atoms with E-state index in [9.17, 15) is 49.4 Å². The van der Waals surface area contributed by atoms with Crippen LogP contribution in [0.25, 0.3) is 0 Å². The fourth-order valence-electron chi connectivity index (χ4n) is 5.92. The highest BCUT2D eigenvalue weighted by molar-refractivity contribution is 5.85. The van der Waals surface area contributed by atoms with Crippen molar-refractivity contribution < 1.29 is 49.4 Å². The average Bonchev–Trinajstić information content (AvgIpc) is 3.40. The number of hydrogen-bond donors (Lipinski definition) is 1. The number of rotatable bonds is 10. The van der Waals surface area contributed by atoms with Crippen LogP contribution in [0, 0.1) is 18.8 Å². The van der Waals surface area contributed by atoms with E-state index in [0.717, 1.165) is 10.9 Å². The van der Waals surface area contributed by atoms with Crippen molar-refractivity contribution in [2.45, 2.75) is 71.1 Å². The lowest BCUT2D eigenvalue weighted by Gasteiger charge is -2.34. The number of carboxylic acids is 1. The van der Waals surface area contributed by atoms with Crippen molar-refractivity contribution in [3.8, 4) is 0 Å². The van der Waals surface area contributed by atoms with Crippen molar-refractivity contribution in [1.29, 1.82) is 0 Å². The predicted octanol–water partition coefficient (Wildman–Crippen LogP) is 7.92. The first kappa shape index (κ1) is 38.7. The predicted molar refractivity (Wildman–Crippen MR) is 160 cm³/mol. The monoisotopic (exact) mass is 716 g/mol. The molecule has 4 rings (SSSR count). The Morgan fingerprint density at radius 1 is 0.875 bits per heavy atom. The number of hydrogen-bond acceptors (Lipinski definition) is 6. The summed E-state index contributed by atoms with van der Waals surface area (Å²) in [6.45, 7) is 2.71. The molecule has 0 radical (unpaired) electrons. The van der Waals surface area contributed by atoms with Crippen LogP contribution in [0.2, 0.25) is 0 Å². The van der Waals surface area contributed by atoms with Crippen LogP contribution in [-0.4, -0.2) is 44.4 Å². The van der Waals surface area contributed by atoms with Crippen LogP contribution in [-0.2, 0) is 43.5 Å². The maximum absolute atomic E-state index is 14.1. The molecule has 0 amide bonds. The second kappa shape index (κ2) is 14.8. The molecule has 1 heterocycles. The highest BCUT2D eigenvalue weighted by Crippen LogP contribution is 2.40. The molecular formula is C30H34ClF9N6O2. The van der Waals surface area contributed by atoms with Gasteiger partial charge < -0.3 is 14.9 Å². The summed E-state index contributed by atoms with van der Waals surface area (Å²) in [4.78, 5) is 15.4. The quantitative estimate of drug-likeness (QED) is 0.213. The Labute approximate surface area is 276 Å². The van der Waals surface area contributed by atoms with Gasteiger partial charge in [-0.25, -0.2) is 0 Å². The molecule has 2 aromatic carbocycles. The van der Waals surface area contributed by atoms with E-state index in [4.69, 9.17) is 0 Å². The molecule has 0 atom stereocenters. The highest BCUT2D eigenvalue weighted by atomic mass is 35.5. The van der Waals surface area contributed by atoms with E-state index in [1.807, 2.05) is 0 Å². The van der Waals surface area contributed by atoms with Crippen LogP contribution in [0.5, 0.6) is 0 Å². The van der Waals surface area contributed by atoms with Gasteiger partial charge in [-0.15, -0.1) is 17.5 Å². The summed E-state index contributed by atoms with van der Waals surface area (Å²) in [5.41, 5.74) is -3.99. The number of carbonyl (C=O) groups is 1. The molecule has 18 heteroatoms. The van der Waals surface area contributed by atoms with Crippen molar-refractivity contribution in [2.75, 3.05) is 22.9 Å². The van der Waals surface area contributed by atoms with Gasteiger partial charge in [-0.05, 0) is 91.6 Å². The third-order valence-corrected chi connectivity index (χ3v) is 8.29. The van der Waals surface area contributed by atoms with Gasteiger partial charge >= 0.3 is 24.5 Å². The maximum Gasteiger partial charge on any atom is 0.416 e. The van der Waals surface area contributed by atoms with Crippen molar-refractivity contribution in [2.24, 2.45) is 18.9 Å². The minimum atomic E-state index is -5.09. The molecule has 1 aliphatic rings. The molecule has 1 aromatic heterocycles. The van der Waals surface area contributed by atoms with Crippen LogP contribution in [0.4, 0.5) is 51.1 Å². The van der Waals surface area contributed by atoms with Crippen molar-refractivity contribution >= 4 is 30.0 Å². The highest BCUT2D eigenvalue weighted by Gasteiger charge is 2.38. The third kappa shape index (κ3) is 9.44. The smallest absolute Gasteiger partial charge is 0.416 e. The van der Waals surface area contributed by atoms with E-state index in [1.54, 1.807) is 11.8 Å². The summed E-state index contributed by atoms with van der Waals surface area (Å²) in [7, 11) is 1.40. The Morgan fingerprint density at radius 3 is 1.92 bits per heavy atom. The van der Waals surface area contributed by atoms with Gasteiger partial charge in [0, 0.05) is 31.9 Å². The van der Waals surface area contributed by atoms with Gasteiger partial charge in [0.05, 0.1) is 29.7 Å². The zero-order valence-corrected chi connectivity index (χ0v) is 26.9. The summed E-state index contributed by atoms with van der Waals surface area (Å²) < 4.78 is 124. The van der Waals surface area contributed by atoms with Gasteiger partial charge in [0.1, 0.15) is 0 Å². The van der Waals surface area contributed by atoms with Gasteiger partial charge in [0.25, 0.3) is 5.95 Å². The average molecular weight is 717 g/mol. The fraction of sp³-hybridized carbons (Fsp3) is 0.533. The fourth-order valence-corrected chi connectivity index (χ4v) is 5.92. The minimum absolute atomic E-state index is 0. The molecular weight excluding hydrogens is 683 g/mol. The zero-order chi connectivity index (χ0) is 34.9. The lowest BCUT2D eigenvalue weighted by atomic mass is 9.81. The number of aromatic nitrogens is 4. The molecule has 1 saturated carbocycles. The minimum Gasteiger partial charge on any atom is -0.481 e. The van der Waals surface area contributed by atoms with Gasteiger partial charge in [0.15, 0.2) is 0 Å². The molecule has 8 nitrogen and oxygen atoms in total. The largest absolute Gasteiger partial charge is 0.481 e. The maximum atomic E-state index is 14.1. The van der Waals surface area contributed by atoms with E-state index >= 15 is 0 Å². The molecule has 0 bridgehead atoms. The summed E-state index contributed by atoms with van der Waals surface area (Å²) in [6, 6.07) is 3.44. The molecule has 3 aromatic rings. The number of tetrazole rings is 1. The lowest BCUT2D eigenvalue weighted by Crippen LogP contribution is -2.34. The topological polar surface area (TPSA) is 87.4 Å². The summed E-state index contributed by atoms with van der Waals surface area (Å²) in [5.74, 6) is -1.57. The molecule has 1 N–H and O–H groups in total. The molecule has 0 unspecified atom stereocenters. The summed E-state index contributed by atoms with van der Waals surface area (Å²) in [6.07, 6.45) is -12.9. The van der Waals surface area contributed by atoms with Crippen LogP contribution in [0.3, 0.4) is 0 Å².